The molecule has 9 heteroatoms. The van der Waals surface area contributed by atoms with Crippen molar-refractivity contribution in [2.24, 2.45) is 0 Å². The van der Waals surface area contributed by atoms with E-state index in [-0.39, 0.29) is 18.1 Å². The summed E-state index contributed by atoms with van der Waals surface area (Å²) in [5, 5.41) is 2.69. The second kappa shape index (κ2) is 9.54. The average molecular weight is 471 g/mol. The first-order valence-electron chi connectivity index (χ1n) is 10.6. The van der Waals surface area contributed by atoms with Crippen LogP contribution in [0.4, 0.5) is 33.7 Å². The van der Waals surface area contributed by atoms with Crippen LogP contribution in [-0.2, 0) is 12.7 Å². The van der Waals surface area contributed by atoms with Crippen LogP contribution >= 0.6 is 0 Å². The molecule has 1 fully saturated rings. The molecule has 0 bridgehead atoms. The summed E-state index contributed by atoms with van der Waals surface area (Å²) in [6.07, 6.45) is -3.82. The third-order valence-corrected chi connectivity index (χ3v) is 5.44. The first-order valence-corrected chi connectivity index (χ1v) is 10.6. The van der Waals surface area contributed by atoms with Crippen LogP contribution in [0.3, 0.4) is 0 Å². The minimum atomic E-state index is -4.45. The zero-order valence-corrected chi connectivity index (χ0v) is 18.0. The van der Waals surface area contributed by atoms with E-state index in [4.69, 9.17) is 0 Å². The van der Waals surface area contributed by atoms with E-state index in [2.05, 4.69) is 5.32 Å². The van der Waals surface area contributed by atoms with E-state index in [1.165, 1.54) is 34.1 Å². The Morgan fingerprint density at radius 1 is 0.941 bits per heavy atom. The highest BCUT2D eigenvalue weighted by Gasteiger charge is 2.31. The number of anilines is 2. The highest BCUT2D eigenvalue weighted by molar-refractivity contribution is 6.04. The van der Waals surface area contributed by atoms with E-state index in [1.807, 2.05) is 0 Å². The van der Waals surface area contributed by atoms with Crippen LogP contribution in [0.5, 0.6) is 0 Å². The van der Waals surface area contributed by atoms with Crippen LogP contribution in [0.25, 0.3) is 0 Å². The quantitative estimate of drug-likeness (QED) is 0.469. The second-order valence-electron chi connectivity index (χ2n) is 7.92. The van der Waals surface area contributed by atoms with Gasteiger partial charge in [-0.1, -0.05) is 24.3 Å². The molecule has 0 aromatic heterocycles. The molecule has 3 aromatic rings. The number of hydrogen-bond donors (Lipinski definition) is 1. The van der Waals surface area contributed by atoms with E-state index < -0.39 is 23.5 Å². The van der Waals surface area contributed by atoms with Crippen molar-refractivity contribution in [3.05, 3.63) is 95.3 Å². The lowest BCUT2D eigenvalue weighted by atomic mass is 10.1. The Kier molecular flexibility index (Phi) is 6.54. The largest absolute Gasteiger partial charge is 0.416 e. The maximum Gasteiger partial charge on any atom is 0.416 e. The van der Waals surface area contributed by atoms with Gasteiger partial charge in [-0.15, -0.1) is 0 Å². The molecule has 0 aliphatic carbocycles. The van der Waals surface area contributed by atoms with Gasteiger partial charge in [-0.05, 0) is 60.5 Å². The predicted octanol–water partition coefficient (Wildman–Crippen LogP) is 5.93. The summed E-state index contributed by atoms with van der Waals surface area (Å²) in [6.45, 7) is 0.899. The fraction of sp³-hybridized carbons (Fsp3) is 0.200. The zero-order chi connectivity index (χ0) is 24.3. The summed E-state index contributed by atoms with van der Waals surface area (Å²) >= 11 is 0. The Labute approximate surface area is 193 Å². The standard InChI is InChI=1S/C25H21F4N3O2/c26-20-8-2-6-18(14-20)23(33)30-21-9-3-10-22(15-21)32-12-4-11-31(24(32)34)16-17-5-1-7-19(13-17)25(27,28)29/h1-3,5-10,13-15H,4,11-12,16H2,(H,30,33). The third-order valence-electron chi connectivity index (χ3n) is 5.44. The van der Waals surface area contributed by atoms with Gasteiger partial charge in [-0.25, -0.2) is 9.18 Å². The molecule has 5 nitrogen and oxygen atoms in total. The van der Waals surface area contributed by atoms with Crippen molar-refractivity contribution in [3.8, 4) is 0 Å². The summed E-state index contributed by atoms with van der Waals surface area (Å²) in [5.41, 5.74) is 0.756. The number of amides is 3. The molecule has 0 saturated carbocycles. The Morgan fingerprint density at radius 2 is 1.71 bits per heavy atom. The van der Waals surface area contributed by atoms with E-state index in [0.717, 1.165) is 18.2 Å². The molecule has 4 rings (SSSR count). The summed E-state index contributed by atoms with van der Waals surface area (Å²) < 4.78 is 52.5. The first kappa shape index (κ1) is 23.3. The maximum absolute atomic E-state index is 13.4. The number of rotatable bonds is 5. The van der Waals surface area contributed by atoms with Gasteiger partial charge in [-0.2, -0.15) is 13.2 Å². The molecule has 3 aromatic carbocycles. The first-order chi connectivity index (χ1) is 16.2. The lowest BCUT2D eigenvalue weighted by Gasteiger charge is -2.36. The number of carbonyl (C=O) groups excluding carboxylic acids is 2. The number of hydrogen-bond acceptors (Lipinski definition) is 2. The minimum absolute atomic E-state index is 0.0508. The van der Waals surface area contributed by atoms with Gasteiger partial charge in [0.05, 0.1) is 5.56 Å². The van der Waals surface area contributed by atoms with Crippen molar-refractivity contribution in [2.75, 3.05) is 23.3 Å². The molecule has 1 heterocycles. The SMILES string of the molecule is O=C(Nc1cccc(N2CCCN(Cc3cccc(C(F)(F)F)c3)C2=O)c1)c1cccc(F)c1. The van der Waals surface area contributed by atoms with Crippen molar-refractivity contribution < 1.29 is 27.2 Å². The number of carbonyl (C=O) groups is 2. The van der Waals surface area contributed by atoms with Gasteiger partial charge in [0.15, 0.2) is 0 Å². The van der Waals surface area contributed by atoms with Crippen LogP contribution in [0.1, 0.15) is 27.9 Å². The minimum Gasteiger partial charge on any atom is -0.322 e. The molecule has 1 aliphatic rings. The van der Waals surface area contributed by atoms with Crippen molar-refractivity contribution in [1.29, 1.82) is 0 Å². The smallest absolute Gasteiger partial charge is 0.322 e. The Bertz CT molecular complexity index is 1210. The number of benzene rings is 3. The van der Waals surface area contributed by atoms with Gasteiger partial charge >= 0.3 is 12.2 Å². The van der Waals surface area contributed by atoms with Gasteiger partial charge < -0.3 is 10.2 Å². The number of nitrogens with one attached hydrogen (secondary N) is 1. The Morgan fingerprint density at radius 3 is 2.47 bits per heavy atom. The highest BCUT2D eigenvalue weighted by atomic mass is 19.4. The average Bonchev–Trinajstić information content (AvgIpc) is 2.80. The van der Waals surface area contributed by atoms with Crippen molar-refractivity contribution in [3.63, 3.8) is 0 Å². The molecule has 0 radical (unpaired) electrons. The highest BCUT2D eigenvalue weighted by Crippen LogP contribution is 2.30. The number of urea groups is 1. The molecule has 1 N–H and O–H groups in total. The van der Waals surface area contributed by atoms with Crippen LogP contribution in [0.2, 0.25) is 0 Å². The number of alkyl halides is 3. The normalized spacial score (nSPS) is 14.3. The molecular formula is C25H21F4N3O2. The van der Waals surface area contributed by atoms with Crippen LogP contribution < -0.4 is 10.2 Å². The Hall–Kier alpha value is -3.88. The van der Waals surface area contributed by atoms with E-state index in [9.17, 15) is 27.2 Å². The Balaban J connectivity index is 1.48. The fourth-order valence-electron chi connectivity index (χ4n) is 3.82. The van der Waals surface area contributed by atoms with Gasteiger partial charge in [0, 0.05) is 36.6 Å². The van der Waals surface area contributed by atoms with Crippen LogP contribution in [0, 0.1) is 5.82 Å². The van der Waals surface area contributed by atoms with Gasteiger partial charge in [0.1, 0.15) is 5.82 Å². The third kappa shape index (κ3) is 5.36. The van der Waals surface area contributed by atoms with E-state index in [0.29, 0.717) is 36.4 Å². The summed E-state index contributed by atoms with van der Waals surface area (Å²) in [5.74, 6) is -1.02. The van der Waals surface area contributed by atoms with E-state index in [1.54, 1.807) is 30.3 Å². The van der Waals surface area contributed by atoms with Crippen molar-refractivity contribution in [1.82, 2.24) is 4.90 Å². The summed E-state index contributed by atoms with van der Waals surface area (Å²) in [4.78, 5) is 28.5. The molecule has 34 heavy (non-hydrogen) atoms. The van der Waals surface area contributed by atoms with Gasteiger partial charge in [-0.3, -0.25) is 9.69 Å². The molecule has 0 spiro atoms. The van der Waals surface area contributed by atoms with Crippen LogP contribution in [0.15, 0.2) is 72.8 Å². The number of nitrogens with zero attached hydrogens (tertiary/aromatic N) is 2. The van der Waals surface area contributed by atoms with Gasteiger partial charge in [0.25, 0.3) is 5.91 Å². The van der Waals surface area contributed by atoms with E-state index >= 15 is 0 Å². The van der Waals surface area contributed by atoms with Crippen molar-refractivity contribution >= 4 is 23.3 Å². The van der Waals surface area contributed by atoms with Gasteiger partial charge in [0.2, 0.25) is 0 Å². The maximum atomic E-state index is 13.4. The molecule has 3 amide bonds. The fourth-order valence-corrected chi connectivity index (χ4v) is 3.82. The molecular weight excluding hydrogens is 450 g/mol. The van der Waals surface area contributed by atoms with Crippen LogP contribution in [-0.4, -0.2) is 29.9 Å². The molecule has 0 unspecified atom stereocenters. The number of halogens is 4. The molecule has 1 saturated heterocycles. The summed E-state index contributed by atoms with van der Waals surface area (Å²) in [6, 6.07) is 16.6. The topological polar surface area (TPSA) is 52.7 Å². The predicted molar refractivity (Wildman–Crippen MR) is 120 cm³/mol. The summed E-state index contributed by atoms with van der Waals surface area (Å²) in [7, 11) is 0. The molecule has 0 atom stereocenters. The molecule has 176 valence electrons. The monoisotopic (exact) mass is 471 g/mol. The lowest BCUT2D eigenvalue weighted by Crippen LogP contribution is -2.49. The second-order valence-corrected chi connectivity index (χ2v) is 7.92. The lowest BCUT2D eigenvalue weighted by molar-refractivity contribution is -0.137. The van der Waals surface area contributed by atoms with Crippen molar-refractivity contribution in [2.45, 2.75) is 19.1 Å². The molecule has 1 aliphatic heterocycles. The zero-order valence-electron chi connectivity index (χ0n) is 18.0.